The molecule has 1 aromatic rings. The van der Waals surface area contributed by atoms with Gasteiger partial charge in [0, 0.05) is 12.6 Å². The Morgan fingerprint density at radius 1 is 1.29 bits per heavy atom. The van der Waals surface area contributed by atoms with Crippen LogP contribution in [0.4, 0.5) is 0 Å². The summed E-state index contributed by atoms with van der Waals surface area (Å²) in [6.45, 7) is 1.66. The molecule has 0 bridgehead atoms. The van der Waals surface area contributed by atoms with Gasteiger partial charge in [0.05, 0.1) is 17.1 Å². The van der Waals surface area contributed by atoms with Crippen molar-refractivity contribution >= 4 is 31.9 Å². The maximum atomic E-state index is 5.80. The normalized spacial score (nSPS) is 28.8. The summed E-state index contributed by atoms with van der Waals surface area (Å²) in [5.41, 5.74) is 0. The number of hydrogen-bond acceptors (Lipinski definition) is 3. The minimum Gasteiger partial charge on any atom is -0.452 e. The van der Waals surface area contributed by atoms with Crippen molar-refractivity contribution in [3.8, 4) is 0 Å². The van der Waals surface area contributed by atoms with Gasteiger partial charge in [-0.15, -0.1) is 0 Å². The summed E-state index contributed by atoms with van der Waals surface area (Å²) in [6, 6.07) is 2.49. The van der Waals surface area contributed by atoms with Gasteiger partial charge in [-0.25, -0.2) is 0 Å². The molecule has 5 heteroatoms. The second-order valence-electron chi connectivity index (χ2n) is 4.78. The van der Waals surface area contributed by atoms with Crippen LogP contribution in [0, 0.1) is 5.92 Å². The molecule has 1 saturated carbocycles. The van der Waals surface area contributed by atoms with Crippen LogP contribution in [0.15, 0.2) is 19.6 Å². The van der Waals surface area contributed by atoms with Gasteiger partial charge in [0.1, 0.15) is 5.76 Å². The minimum atomic E-state index is 0.428. The highest BCUT2D eigenvalue weighted by molar-refractivity contribution is 9.13. The zero-order valence-corrected chi connectivity index (χ0v) is 12.6. The number of hydrogen-bond donors (Lipinski definition) is 1. The van der Waals surface area contributed by atoms with Crippen molar-refractivity contribution in [1.29, 1.82) is 0 Å². The maximum Gasteiger partial charge on any atom is 0.183 e. The molecule has 0 radical (unpaired) electrons. The van der Waals surface area contributed by atoms with Crippen molar-refractivity contribution in [2.24, 2.45) is 5.92 Å². The molecule has 1 aliphatic carbocycles. The average Bonchev–Trinajstić information content (AvgIpc) is 2.96. The van der Waals surface area contributed by atoms with E-state index in [0.717, 1.165) is 40.4 Å². The third kappa shape index (κ3) is 2.78. The van der Waals surface area contributed by atoms with Crippen LogP contribution in [0.2, 0.25) is 0 Å². The molecule has 2 aliphatic rings. The summed E-state index contributed by atoms with van der Waals surface area (Å²) >= 11 is 6.77. The van der Waals surface area contributed by atoms with E-state index in [1.807, 2.05) is 6.07 Å². The van der Waals surface area contributed by atoms with E-state index in [1.165, 1.54) is 12.8 Å². The molecular weight excluding hydrogens is 350 g/mol. The zero-order chi connectivity index (χ0) is 11.8. The molecule has 3 rings (SSSR count). The highest BCUT2D eigenvalue weighted by Gasteiger charge is 2.40. The number of rotatable bonds is 4. The van der Waals surface area contributed by atoms with E-state index in [0.29, 0.717) is 12.1 Å². The Hall–Kier alpha value is 0.160. The van der Waals surface area contributed by atoms with Gasteiger partial charge in [-0.05, 0) is 63.1 Å². The molecule has 17 heavy (non-hydrogen) atoms. The molecule has 1 N–H and O–H groups in total. The standard InChI is InChI=1S/C12H15Br2NO2/c13-9-5-8(17-12(9)14)6-15-10-3-4-16-11(10)7-1-2-7/h5,7,10-11,15H,1-4,6H2. The maximum absolute atomic E-state index is 5.80. The molecule has 1 aromatic heterocycles. The Bertz CT molecular complexity index is 384. The van der Waals surface area contributed by atoms with Gasteiger partial charge < -0.3 is 14.5 Å². The lowest BCUT2D eigenvalue weighted by atomic mass is 10.1. The molecule has 1 aliphatic heterocycles. The van der Waals surface area contributed by atoms with Gasteiger partial charge >= 0.3 is 0 Å². The summed E-state index contributed by atoms with van der Waals surface area (Å²) < 4.78 is 13.1. The lowest BCUT2D eigenvalue weighted by molar-refractivity contribution is 0.0805. The van der Waals surface area contributed by atoms with E-state index in [2.05, 4.69) is 37.2 Å². The highest BCUT2D eigenvalue weighted by atomic mass is 79.9. The van der Waals surface area contributed by atoms with Crippen molar-refractivity contribution < 1.29 is 9.15 Å². The molecule has 2 unspecified atom stereocenters. The summed E-state index contributed by atoms with van der Waals surface area (Å²) in [5.74, 6) is 1.75. The fourth-order valence-electron chi connectivity index (χ4n) is 2.43. The smallest absolute Gasteiger partial charge is 0.183 e. The fourth-order valence-corrected chi connectivity index (χ4v) is 3.09. The minimum absolute atomic E-state index is 0.428. The molecule has 0 aromatic carbocycles. The molecule has 2 heterocycles. The molecule has 3 nitrogen and oxygen atoms in total. The summed E-state index contributed by atoms with van der Waals surface area (Å²) in [5, 5.41) is 3.55. The summed E-state index contributed by atoms with van der Waals surface area (Å²) in [7, 11) is 0. The predicted molar refractivity (Wildman–Crippen MR) is 71.8 cm³/mol. The molecule has 2 fully saturated rings. The average molecular weight is 365 g/mol. The summed E-state index contributed by atoms with van der Waals surface area (Å²) in [6.07, 6.45) is 4.21. The second-order valence-corrected chi connectivity index (χ2v) is 6.36. The third-order valence-electron chi connectivity index (χ3n) is 3.46. The first-order valence-electron chi connectivity index (χ1n) is 6.03. The largest absolute Gasteiger partial charge is 0.452 e. The van der Waals surface area contributed by atoms with Gasteiger partial charge in [-0.1, -0.05) is 0 Å². The van der Waals surface area contributed by atoms with E-state index in [4.69, 9.17) is 9.15 Å². The van der Waals surface area contributed by atoms with Crippen molar-refractivity contribution in [2.75, 3.05) is 6.61 Å². The number of ether oxygens (including phenoxy) is 1. The second kappa shape index (κ2) is 5.03. The quantitative estimate of drug-likeness (QED) is 0.888. The van der Waals surface area contributed by atoms with E-state index < -0.39 is 0 Å². The van der Waals surface area contributed by atoms with Gasteiger partial charge in [0.25, 0.3) is 0 Å². The molecular formula is C12H15Br2NO2. The molecule has 1 saturated heterocycles. The van der Waals surface area contributed by atoms with Crippen LogP contribution in [0.1, 0.15) is 25.0 Å². The lowest BCUT2D eigenvalue weighted by Crippen LogP contribution is -2.37. The molecule has 2 atom stereocenters. The van der Waals surface area contributed by atoms with Gasteiger partial charge in [0.2, 0.25) is 0 Å². The fraction of sp³-hybridized carbons (Fsp3) is 0.667. The first-order chi connectivity index (χ1) is 8.24. The summed E-state index contributed by atoms with van der Waals surface area (Å²) in [4.78, 5) is 0. The first-order valence-corrected chi connectivity index (χ1v) is 7.61. The Labute approximate surface area is 118 Å². The Morgan fingerprint density at radius 2 is 2.12 bits per heavy atom. The molecule has 0 amide bonds. The van der Waals surface area contributed by atoms with E-state index in [9.17, 15) is 0 Å². The van der Waals surface area contributed by atoms with Gasteiger partial charge in [-0.2, -0.15) is 0 Å². The van der Waals surface area contributed by atoms with Crippen molar-refractivity contribution in [1.82, 2.24) is 5.32 Å². The van der Waals surface area contributed by atoms with Crippen LogP contribution in [0.25, 0.3) is 0 Å². The highest BCUT2D eigenvalue weighted by Crippen LogP contribution is 2.38. The Kier molecular flexibility index (Phi) is 3.62. The van der Waals surface area contributed by atoms with Gasteiger partial charge in [-0.3, -0.25) is 0 Å². The van der Waals surface area contributed by atoms with Crippen LogP contribution >= 0.6 is 31.9 Å². The van der Waals surface area contributed by atoms with E-state index >= 15 is 0 Å². The first kappa shape index (κ1) is 12.2. The van der Waals surface area contributed by atoms with Crippen molar-refractivity contribution in [3.63, 3.8) is 0 Å². The number of furan rings is 1. The lowest BCUT2D eigenvalue weighted by Gasteiger charge is -2.18. The molecule has 0 spiro atoms. The number of halogens is 2. The van der Waals surface area contributed by atoms with Crippen molar-refractivity contribution in [3.05, 3.63) is 21.0 Å². The van der Waals surface area contributed by atoms with Crippen molar-refractivity contribution in [2.45, 2.75) is 38.0 Å². The van der Waals surface area contributed by atoms with Crippen LogP contribution in [-0.2, 0) is 11.3 Å². The van der Waals surface area contributed by atoms with E-state index in [1.54, 1.807) is 0 Å². The Balaban J connectivity index is 1.56. The van der Waals surface area contributed by atoms with E-state index in [-0.39, 0.29) is 0 Å². The van der Waals surface area contributed by atoms with Gasteiger partial charge in [0.15, 0.2) is 4.67 Å². The zero-order valence-electron chi connectivity index (χ0n) is 9.42. The predicted octanol–water partition coefficient (Wildman–Crippen LogP) is 3.46. The Morgan fingerprint density at radius 3 is 2.76 bits per heavy atom. The molecule has 94 valence electrons. The number of nitrogens with one attached hydrogen (secondary N) is 1. The van der Waals surface area contributed by atoms with Crippen LogP contribution in [-0.4, -0.2) is 18.8 Å². The van der Waals surface area contributed by atoms with Crippen LogP contribution in [0.3, 0.4) is 0 Å². The third-order valence-corrected chi connectivity index (χ3v) is 5.17. The SMILES string of the molecule is Brc1cc(CNC2CCOC2C2CC2)oc1Br. The topological polar surface area (TPSA) is 34.4 Å². The van der Waals surface area contributed by atoms with Crippen LogP contribution < -0.4 is 5.32 Å². The van der Waals surface area contributed by atoms with Crippen LogP contribution in [0.5, 0.6) is 0 Å². The monoisotopic (exact) mass is 363 g/mol.